The molecule has 0 spiro atoms. The van der Waals surface area contributed by atoms with E-state index < -0.39 is 0 Å². The molecule has 1 aliphatic heterocycles. The van der Waals surface area contributed by atoms with Gasteiger partial charge in [0.05, 0.1) is 26.4 Å². The average molecular weight is 278 g/mol. The van der Waals surface area contributed by atoms with Crippen LogP contribution in [0.15, 0.2) is 36.9 Å². The molecular weight excluding hydrogens is 254 g/mol. The normalized spacial score (nSPS) is 15.8. The summed E-state index contributed by atoms with van der Waals surface area (Å²) in [6.45, 7) is 10.00. The highest BCUT2D eigenvalue weighted by molar-refractivity contribution is 5.39. The molecule has 0 unspecified atom stereocenters. The van der Waals surface area contributed by atoms with Crippen LogP contribution in [-0.4, -0.2) is 46.1 Å². The number of quaternary nitrogens is 1. The van der Waals surface area contributed by atoms with Crippen LogP contribution in [0.1, 0.15) is 6.42 Å². The number of hydrogen-bond donors (Lipinski definition) is 1. The lowest BCUT2D eigenvalue weighted by atomic mass is 10.3. The summed E-state index contributed by atoms with van der Waals surface area (Å²) in [5, 5.41) is 0. The Bertz CT molecular complexity index is 402. The van der Waals surface area contributed by atoms with Gasteiger partial charge in [0.2, 0.25) is 0 Å². The third-order valence-corrected chi connectivity index (χ3v) is 3.34. The number of morpholine rings is 1. The maximum Gasteiger partial charge on any atom is 0.161 e. The van der Waals surface area contributed by atoms with Crippen molar-refractivity contribution in [1.29, 1.82) is 0 Å². The molecule has 0 aromatic heterocycles. The maximum absolute atomic E-state index is 5.82. The van der Waals surface area contributed by atoms with Crippen molar-refractivity contribution < 1.29 is 19.1 Å². The van der Waals surface area contributed by atoms with Crippen LogP contribution in [0, 0.1) is 0 Å². The first-order valence-electron chi connectivity index (χ1n) is 7.27. The summed E-state index contributed by atoms with van der Waals surface area (Å²) in [6.07, 6.45) is 2.78. The molecule has 0 atom stereocenters. The Morgan fingerprint density at radius 3 is 2.55 bits per heavy atom. The molecule has 20 heavy (non-hydrogen) atoms. The topological polar surface area (TPSA) is 32.1 Å². The predicted octanol–water partition coefficient (Wildman–Crippen LogP) is 0.935. The third-order valence-electron chi connectivity index (χ3n) is 3.34. The molecule has 110 valence electrons. The Hall–Kier alpha value is -1.52. The van der Waals surface area contributed by atoms with Crippen LogP contribution in [0.4, 0.5) is 0 Å². The van der Waals surface area contributed by atoms with Gasteiger partial charge in [0, 0.05) is 6.42 Å². The molecule has 0 aliphatic carbocycles. The fourth-order valence-electron chi connectivity index (χ4n) is 2.25. The van der Waals surface area contributed by atoms with Gasteiger partial charge in [-0.05, 0) is 12.1 Å². The number of rotatable bonds is 8. The monoisotopic (exact) mass is 278 g/mol. The van der Waals surface area contributed by atoms with E-state index in [2.05, 4.69) is 6.58 Å². The van der Waals surface area contributed by atoms with E-state index in [1.807, 2.05) is 24.3 Å². The average Bonchev–Trinajstić information content (AvgIpc) is 2.51. The number of ether oxygens (including phenoxy) is 3. The zero-order chi connectivity index (χ0) is 14.0. The van der Waals surface area contributed by atoms with E-state index in [1.165, 1.54) is 0 Å². The van der Waals surface area contributed by atoms with Gasteiger partial charge in [0.25, 0.3) is 0 Å². The molecule has 1 N–H and O–H groups in total. The Morgan fingerprint density at radius 1 is 1.15 bits per heavy atom. The van der Waals surface area contributed by atoms with Crippen LogP contribution < -0.4 is 14.4 Å². The van der Waals surface area contributed by atoms with E-state index in [9.17, 15) is 0 Å². The molecule has 0 radical (unpaired) electrons. The van der Waals surface area contributed by atoms with Gasteiger partial charge in [-0.15, -0.1) is 0 Å². The quantitative estimate of drug-likeness (QED) is 0.567. The highest BCUT2D eigenvalue weighted by Crippen LogP contribution is 2.26. The lowest BCUT2D eigenvalue weighted by Gasteiger charge is -2.23. The second-order valence-corrected chi connectivity index (χ2v) is 4.86. The second kappa shape index (κ2) is 8.61. The fraction of sp³-hybridized carbons (Fsp3) is 0.500. The molecule has 1 aromatic rings. The van der Waals surface area contributed by atoms with E-state index in [1.54, 1.807) is 11.0 Å². The highest BCUT2D eigenvalue weighted by Gasteiger charge is 2.13. The molecule has 1 heterocycles. The summed E-state index contributed by atoms with van der Waals surface area (Å²) in [7, 11) is 0. The van der Waals surface area contributed by atoms with E-state index in [-0.39, 0.29) is 0 Å². The second-order valence-electron chi connectivity index (χ2n) is 4.86. The first kappa shape index (κ1) is 14.9. The van der Waals surface area contributed by atoms with Crippen LogP contribution in [0.25, 0.3) is 0 Å². The number of para-hydroxylation sites is 2. The summed E-state index contributed by atoms with van der Waals surface area (Å²) in [5.41, 5.74) is 0. The molecule has 1 aromatic carbocycles. The molecule has 0 amide bonds. The minimum Gasteiger partial charge on any atom is -0.489 e. The van der Waals surface area contributed by atoms with Gasteiger partial charge >= 0.3 is 0 Å². The summed E-state index contributed by atoms with van der Waals surface area (Å²) < 4.78 is 16.7. The fourth-order valence-corrected chi connectivity index (χ4v) is 2.25. The first-order chi connectivity index (χ1) is 9.90. The van der Waals surface area contributed by atoms with Gasteiger partial charge in [-0.2, -0.15) is 0 Å². The van der Waals surface area contributed by atoms with Crippen LogP contribution >= 0.6 is 0 Å². The summed E-state index contributed by atoms with van der Waals surface area (Å²) in [4.78, 5) is 1.61. The Balaban J connectivity index is 1.71. The number of nitrogens with one attached hydrogen (secondary N) is 1. The van der Waals surface area contributed by atoms with E-state index in [0.29, 0.717) is 6.61 Å². The van der Waals surface area contributed by atoms with Gasteiger partial charge in [-0.1, -0.05) is 24.8 Å². The molecular formula is C16H24NO3+. The van der Waals surface area contributed by atoms with Crippen molar-refractivity contribution in [3.05, 3.63) is 36.9 Å². The van der Waals surface area contributed by atoms with Crippen LogP contribution in [-0.2, 0) is 4.74 Å². The highest BCUT2D eigenvalue weighted by atomic mass is 16.5. The van der Waals surface area contributed by atoms with Crippen molar-refractivity contribution in [3.63, 3.8) is 0 Å². The number of benzene rings is 1. The minimum absolute atomic E-state index is 0.498. The molecule has 0 saturated carbocycles. The summed E-state index contributed by atoms with van der Waals surface area (Å²) >= 11 is 0. The molecule has 0 bridgehead atoms. The van der Waals surface area contributed by atoms with Crippen molar-refractivity contribution >= 4 is 0 Å². The van der Waals surface area contributed by atoms with Crippen molar-refractivity contribution in [1.82, 2.24) is 0 Å². The Labute approximate surface area is 120 Å². The molecule has 1 aliphatic rings. The van der Waals surface area contributed by atoms with E-state index in [0.717, 1.165) is 57.4 Å². The van der Waals surface area contributed by atoms with Crippen molar-refractivity contribution in [2.45, 2.75) is 6.42 Å². The molecule has 4 heteroatoms. The molecule has 4 nitrogen and oxygen atoms in total. The predicted molar refractivity (Wildman–Crippen MR) is 78.6 cm³/mol. The zero-order valence-electron chi connectivity index (χ0n) is 12.0. The van der Waals surface area contributed by atoms with E-state index in [4.69, 9.17) is 14.2 Å². The molecule has 1 fully saturated rings. The van der Waals surface area contributed by atoms with E-state index >= 15 is 0 Å². The van der Waals surface area contributed by atoms with Gasteiger partial charge in [0.1, 0.15) is 19.7 Å². The lowest BCUT2D eigenvalue weighted by molar-refractivity contribution is -0.908. The molecule has 2 rings (SSSR count). The number of hydrogen-bond acceptors (Lipinski definition) is 3. The Kier molecular flexibility index (Phi) is 6.41. The van der Waals surface area contributed by atoms with Crippen LogP contribution in [0.2, 0.25) is 0 Å². The standard InChI is InChI=1S/C16H23NO3/c1-2-11-19-15-6-3-4-7-16(15)20-12-5-8-17-9-13-18-14-10-17/h2-4,6-7H,1,5,8-14H2/p+1. The summed E-state index contributed by atoms with van der Waals surface area (Å²) in [6, 6.07) is 7.78. The SMILES string of the molecule is C=CCOc1ccccc1OCCC[NH+]1CCOCC1. The van der Waals surface area contributed by atoms with Gasteiger partial charge < -0.3 is 19.1 Å². The van der Waals surface area contributed by atoms with Crippen molar-refractivity contribution in [2.24, 2.45) is 0 Å². The van der Waals surface area contributed by atoms with Crippen LogP contribution in [0.5, 0.6) is 11.5 Å². The zero-order valence-corrected chi connectivity index (χ0v) is 12.0. The molecule has 1 saturated heterocycles. The van der Waals surface area contributed by atoms with Crippen LogP contribution in [0.3, 0.4) is 0 Å². The minimum atomic E-state index is 0.498. The lowest BCUT2D eigenvalue weighted by Crippen LogP contribution is -3.14. The summed E-state index contributed by atoms with van der Waals surface area (Å²) in [5.74, 6) is 1.59. The smallest absolute Gasteiger partial charge is 0.161 e. The maximum atomic E-state index is 5.82. The van der Waals surface area contributed by atoms with Crippen molar-refractivity contribution in [3.8, 4) is 11.5 Å². The Morgan fingerprint density at radius 2 is 1.85 bits per heavy atom. The van der Waals surface area contributed by atoms with Gasteiger partial charge in [0.15, 0.2) is 11.5 Å². The van der Waals surface area contributed by atoms with Gasteiger partial charge in [-0.25, -0.2) is 0 Å². The van der Waals surface area contributed by atoms with Gasteiger partial charge in [-0.3, -0.25) is 0 Å². The van der Waals surface area contributed by atoms with Crippen molar-refractivity contribution in [2.75, 3.05) is 46.1 Å². The largest absolute Gasteiger partial charge is 0.489 e. The first-order valence-corrected chi connectivity index (χ1v) is 7.27. The third kappa shape index (κ3) is 4.87.